The number of benzene rings is 2. The molecule has 0 saturated heterocycles. The highest BCUT2D eigenvalue weighted by atomic mass is 16.5. The SMILES string of the molecule is Cc1cccc(-c2noc(CN(C(=O)COc3cc(C)ccc3C)C(C)C)n2)c1. The molecule has 0 atom stereocenters. The molecule has 3 rings (SSSR count). The fourth-order valence-corrected chi connectivity index (χ4v) is 3.01. The summed E-state index contributed by atoms with van der Waals surface area (Å²) in [7, 11) is 0. The Morgan fingerprint density at radius 2 is 1.86 bits per heavy atom. The summed E-state index contributed by atoms with van der Waals surface area (Å²) >= 11 is 0. The van der Waals surface area contributed by atoms with Gasteiger partial charge >= 0.3 is 0 Å². The topological polar surface area (TPSA) is 68.5 Å². The molecule has 0 aliphatic carbocycles. The third kappa shape index (κ3) is 5.22. The molecule has 152 valence electrons. The molecule has 6 heteroatoms. The van der Waals surface area contributed by atoms with E-state index in [1.165, 1.54) is 0 Å². The molecule has 0 aliphatic rings. The number of nitrogens with zero attached hydrogens (tertiary/aromatic N) is 3. The van der Waals surface area contributed by atoms with Gasteiger partial charge in [0.2, 0.25) is 11.7 Å². The van der Waals surface area contributed by atoms with E-state index in [0.29, 0.717) is 11.7 Å². The lowest BCUT2D eigenvalue weighted by molar-refractivity contribution is -0.136. The molecule has 0 fully saturated rings. The summed E-state index contributed by atoms with van der Waals surface area (Å²) in [6.07, 6.45) is 0. The smallest absolute Gasteiger partial charge is 0.261 e. The highest BCUT2D eigenvalue weighted by molar-refractivity contribution is 5.78. The minimum absolute atomic E-state index is 0.0287. The molecule has 1 aromatic heterocycles. The Bertz CT molecular complexity index is 995. The van der Waals surface area contributed by atoms with Crippen LogP contribution in [0.2, 0.25) is 0 Å². The van der Waals surface area contributed by atoms with Gasteiger partial charge in [0.1, 0.15) is 12.3 Å². The summed E-state index contributed by atoms with van der Waals surface area (Å²) in [5.74, 6) is 1.51. The predicted molar refractivity (Wildman–Crippen MR) is 112 cm³/mol. The van der Waals surface area contributed by atoms with Crippen LogP contribution in [0.1, 0.15) is 36.4 Å². The van der Waals surface area contributed by atoms with E-state index in [1.54, 1.807) is 4.90 Å². The van der Waals surface area contributed by atoms with Crippen molar-refractivity contribution >= 4 is 5.91 Å². The Kier molecular flexibility index (Phi) is 6.32. The fourth-order valence-electron chi connectivity index (χ4n) is 3.01. The Balaban J connectivity index is 1.68. The van der Waals surface area contributed by atoms with E-state index in [1.807, 2.05) is 77.1 Å². The predicted octanol–water partition coefficient (Wildman–Crippen LogP) is 4.48. The molecule has 0 aliphatic heterocycles. The molecule has 0 bridgehead atoms. The van der Waals surface area contributed by atoms with Gasteiger partial charge in [-0.05, 0) is 57.9 Å². The average molecular weight is 393 g/mol. The van der Waals surface area contributed by atoms with Crippen LogP contribution in [0.15, 0.2) is 47.0 Å². The van der Waals surface area contributed by atoms with Gasteiger partial charge in [0.15, 0.2) is 6.61 Å². The summed E-state index contributed by atoms with van der Waals surface area (Å²) < 4.78 is 11.2. The van der Waals surface area contributed by atoms with Crippen LogP contribution >= 0.6 is 0 Å². The lowest BCUT2D eigenvalue weighted by Crippen LogP contribution is -2.39. The maximum absolute atomic E-state index is 12.8. The summed E-state index contributed by atoms with van der Waals surface area (Å²) in [5.41, 5.74) is 4.10. The highest BCUT2D eigenvalue weighted by Gasteiger charge is 2.21. The molecule has 1 amide bonds. The highest BCUT2D eigenvalue weighted by Crippen LogP contribution is 2.20. The van der Waals surface area contributed by atoms with Crippen LogP contribution in [0.5, 0.6) is 5.75 Å². The van der Waals surface area contributed by atoms with Crippen molar-refractivity contribution < 1.29 is 14.1 Å². The molecule has 0 radical (unpaired) electrons. The minimum atomic E-state index is -0.129. The number of aromatic nitrogens is 2. The van der Waals surface area contributed by atoms with Gasteiger partial charge in [-0.15, -0.1) is 0 Å². The van der Waals surface area contributed by atoms with E-state index in [9.17, 15) is 4.79 Å². The molecule has 0 unspecified atom stereocenters. The van der Waals surface area contributed by atoms with Crippen molar-refractivity contribution in [2.45, 2.75) is 47.2 Å². The maximum atomic E-state index is 12.8. The number of hydrogen-bond acceptors (Lipinski definition) is 5. The number of amides is 1. The number of carbonyl (C=O) groups excluding carboxylic acids is 1. The molecule has 0 saturated carbocycles. The van der Waals surface area contributed by atoms with Gasteiger partial charge in [-0.25, -0.2) is 0 Å². The zero-order valence-corrected chi connectivity index (χ0v) is 17.6. The second kappa shape index (κ2) is 8.90. The van der Waals surface area contributed by atoms with E-state index in [4.69, 9.17) is 9.26 Å². The summed E-state index contributed by atoms with van der Waals surface area (Å²) in [5, 5.41) is 4.06. The lowest BCUT2D eigenvalue weighted by atomic mass is 10.1. The first-order chi connectivity index (χ1) is 13.8. The fraction of sp³-hybridized carbons (Fsp3) is 0.348. The van der Waals surface area contributed by atoms with Crippen LogP contribution in [0, 0.1) is 20.8 Å². The van der Waals surface area contributed by atoms with Gasteiger partial charge in [-0.1, -0.05) is 41.1 Å². The van der Waals surface area contributed by atoms with Gasteiger partial charge in [0.05, 0.1) is 0 Å². The number of rotatable bonds is 7. The maximum Gasteiger partial charge on any atom is 0.261 e. The molecule has 1 heterocycles. The van der Waals surface area contributed by atoms with Gasteiger partial charge in [0, 0.05) is 11.6 Å². The van der Waals surface area contributed by atoms with Crippen LogP contribution in [-0.4, -0.2) is 33.6 Å². The number of ether oxygens (including phenoxy) is 1. The van der Waals surface area contributed by atoms with Crippen molar-refractivity contribution in [3.05, 3.63) is 65.0 Å². The standard InChI is InChI=1S/C23H27N3O3/c1-15(2)26(22(27)14-28-20-12-17(4)9-10-18(20)5)13-21-24-23(25-29-21)19-8-6-7-16(3)11-19/h6-12,15H,13-14H2,1-5H3. The van der Waals surface area contributed by atoms with Gasteiger partial charge in [-0.3, -0.25) is 4.79 Å². The molecule has 3 aromatic rings. The van der Waals surface area contributed by atoms with Crippen LogP contribution in [0.25, 0.3) is 11.4 Å². The van der Waals surface area contributed by atoms with Crippen LogP contribution < -0.4 is 4.74 Å². The van der Waals surface area contributed by atoms with E-state index < -0.39 is 0 Å². The molecular formula is C23H27N3O3. The van der Waals surface area contributed by atoms with Gasteiger partial charge in [0.25, 0.3) is 5.91 Å². The number of carbonyl (C=O) groups is 1. The van der Waals surface area contributed by atoms with E-state index in [0.717, 1.165) is 28.0 Å². The Hall–Kier alpha value is -3.15. The van der Waals surface area contributed by atoms with Crippen molar-refractivity contribution in [3.8, 4) is 17.1 Å². The van der Waals surface area contributed by atoms with Crippen molar-refractivity contribution in [3.63, 3.8) is 0 Å². The third-order valence-electron chi connectivity index (χ3n) is 4.69. The number of hydrogen-bond donors (Lipinski definition) is 0. The first kappa shape index (κ1) is 20.6. The van der Waals surface area contributed by atoms with Gasteiger partial charge < -0.3 is 14.2 Å². The minimum Gasteiger partial charge on any atom is -0.483 e. The van der Waals surface area contributed by atoms with Crippen LogP contribution in [0.3, 0.4) is 0 Å². The first-order valence-electron chi connectivity index (χ1n) is 9.72. The quantitative estimate of drug-likeness (QED) is 0.592. The molecule has 0 spiro atoms. The average Bonchev–Trinajstić information content (AvgIpc) is 3.15. The Morgan fingerprint density at radius 1 is 1.10 bits per heavy atom. The van der Waals surface area contributed by atoms with Crippen molar-refractivity contribution in [1.29, 1.82) is 0 Å². The van der Waals surface area contributed by atoms with Crippen LogP contribution in [0.4, 0.5) is 0 Å². The Labute approximate surface area is 171 Å². The Morgan fingerprint density at radius 3 is 2.59 bits per heavy atom. The van der Waals surface area contributed by atoms with Crippen molar-refractivity contribution in [2.75, 3.05) is 6.61 Å². The van der Waals surface area contributed by atoms with Crippen LogP contribution in [-0.2, 0) is 11.3 Å². The second-order valence-corrected chi connectivity index (χ2v) is 7.55. The van der Waals surface area contributed by atoms with Crippen molar-refractivity contribution in [1.82, 2.24) is 15.0 Å². The molecule has 29 heavy (non-hydrogen) atoms. The second-order valence-electron chi connectivity index (χ2n) is 7.55. The summed E-state index contributed by atoms with van der Waals surface area (Å²) in [6.45, 7) is 10.1. The lowest BCUT2D eigenvalue weighted by Gasteiger charge is -2.25. The molecule has 0 N–H and O–H groups in total. The summed E-state index contributed by atoms with van der Waals surface area (Å²) in [4.78, 5) is 18.9. The summed E-state index contributed by atoms with van der Waals surface area (Å²) in [6, 6.07) is 13.8. The zero-order chi connectivity index (χ0) is 21.0. The molecular weight excluding hydrogens is 366 g/mol. The number of aryl methyl sites for hydroxylation is 3. The monoisotopic (exact) mass is 393 g/mol. The van der Waals surface area contributed by atoms with E-state index in [-0.39, 0.29) is 25.1 Å². The molecule has 6 nitrogen and oxygen atoms in total. The largest absolute Gasteiger partial charge is 0.483 e. The normalized spacial score (nSPS) is 11.0. The van der Waals surface area contributed by atoms with E-state index in [2.05, 4.69) is 10.1 Å². The van der Waals surface area contributed by atoms with E-state index >= 15 is 0 Å². The van der Waals surface area contributed by atoms with Crippen molar-refractivity contribution in [2.24, 2.45) is 0 Å². The third-order valence-corrected chi connectivity index (χ3v) is 4.69. The van der Waals surface area contributed by atoms with Gasteiger partial charge in [-0.2, -0.15) is 4.98 Å². The first-order valence-corrected chi connectivity index (χ1v) is 9.72. The zero-order valence-electron chi connectivity index (χ0n) is 17.6. The molecule has 2 aromatic carbocycles.